The fraction of sp³-hybridized carbons (Fsp3) is 0.476. The maximum Gasteiger partial charge on any atom is 0.304 e. The van der Waals surface area contributed by atoms with Crippen LogP contribution in [0.2, 0.25) is 0 Å². The van der Waals surface area contributed by atoms with Crippen molar-refractivity contribution in [1.82, 2.24) is 29.7 Å². The SMILES string of the molecule is O=C(N[C@H]1CC[C@@H](Oc2nc(N3CCOCC3)cc3nccn23)CC1)c1cncnc1. The molecule has 31 heavy (non-hydrogen) atoms. The Kier molecular flexibility index (Phi) is 5.61. The van der Waals surface area contributed by atoms with Crippen molar-refractivity contribution in [2.45, 2.75) is 37.8 Å². The van der Waals surface area contributed by atoms with Crippen molar-refractivity contribution in [1.29, 1.82) is 0 Å². The minimum atomic E-state index is -0.134. The van der Waals surface area contributed by atoms with Crippen LogP contribution in [0.5, 0.6) is 6.01 Å². The lowest BCUT2D eigenvalue weighted by Crippen LogP contribution is -2.40. The number of nitrogens with one attached hydrogen (secondary N) is 1. The molecule has 162 valence electrons. The van der Waals surface area contributed by atoms with Crippen molar-refractivity contribution in [2.24, 2.45) is 0 Å². The third-order valence-electron chi connectivity index (χ3n) is 5.78. The van der Waals surface area contributed by atoms with E-state index in [4.69, 9.17) is 14.5 Å². The van der Waals surface area contributed by atoms with E-state index in [-0.39, 0.29) is 18.1 Å². The third-order valence-corrected chi connectivity index (χ3v) is 5.78. The van der Waals surface area contributed by atoms with Crippen molar-refractivity contribution < 1.29 is 14.3 Å². The number of carbonyl (C=O) groups is 1. The molecular weight excluding hydrogens is 398 g/mol. The van der Waals surface area contributed by atoms with E-state index < -0.39 is 0 Å². The van der Waals surface area contributed by atoms with Gasteiger partial charge in [-0.3, -0.25) is 9.20 Å². The van der Waals surface area contributed by atoms with Gasteiger partial charge in [-0.15, -0.1) is 0 Å². The van der Waals surface area contributed by atoms with E-state index in [0.717, 1.165) is 50.2 Å². The topological polar surface area (TPSA) is 107 Å². The number of aromatic nitrogens is 5. The highest BCUT2D eigenvalue weighted by Gasteiger charge is 2.26. The summed E-state index contributed by atoms with van der Waals surface area (Å²) in [4.78, 5) is 31.6. The van der Waals surface area contributed by atoms with E-state index in [9.17, 15) is 4.79 Å². The monoisotopic (exact) mass is 423 g/mol. The summed E-state index contributed by atoms with van der Waals surface area (Å²) in [5.74, 6) is 0.730. The van der Waals surface area contributed by atoms with E-state index in [2.05, 4.69) is 25.2 Å². The van der Waals surface area contributed by atoms with Crippen molar-refractivity contribution in [3.05, 3.63) is 42.7 Å². The Hall–Kier alpha value is -3.27. The van der Waals surface area contributed by atoms with Gasteiger partial charge in [0.15, 0.2) is 0 Å². The summed E-state index contributed by atoms with van der Waals surface area (Å²) in [5.41, 5.74) is 1.30. The molecule has 3 aromatic heterocycles. The Morgan fingerprint density at radius 1 is 1.13 bits per heavy atom. The van der Waals surface area contributed by atoms with Crippen LogP contribution in [0.1, 0.15) is 36.0 Å². The molecule has 1 saturated carbocycles. The van der Waals surface area contributed by atoms with Crippen LogP contribution >= 0.6 is 0 Å². The molecule has 0 bridgehead atoms. The average Bonchev–Trinajstić information content (AvgIpc) is 3.31. The fourth-order valence-corrected chi connectivity index (χ4v) is 4.08. The highest BCUT2D eigenvalue weighted by Crippen LogP contribution is 2.26. The predicted octanol–water partition coefficient (Wildman–Crippen LogP) is 1.48. The first-order chi connectivity index (χ1) is 15.3. The zero-order valence-corrected chi connectivity index (χ0v) is 17.2. The molecule has 2 aliphatic rings. The molecule has 0 atom stereocenters. The number of carbonyl (C=O) groups excluding carboxylic acids is 1. The van der Waals surface area contributed by atoms with Gasteiger partial charge in [0.1, 0.15) is 23.9 Å². The van der Waals surface area contributed by atoms with Gasteiger partial charge in [-0.25, -0.2) is 15.0 Å². The van der Waals surface area contributed by atoms with Gasteiger partial charge in [0.25, 0.3) is 5.91 Å². The summed E-state index contributed by atoms with van der Waals surface area (Å²) in [5, 5.41) is 3.07. The number of imidazole rings is 1. The lowest BCUT2D eigenvalue weighted by molar-refractivity contribution is 0.0883. The van der Waals surface area contributed by atoms with Crippen LogP contribution in [0, 0.1) is 0 Å². The van der Waals surface area contributed by atoms with Gasteiger partial charge in [-0.1, -0.05) is 0 Å². The Labute approximate surface area is 179 Å². The minimum absolute atomic E-state index is 0.0475. The molecule has 4 heterocycles. The molecule has 0 unspecified atom stereocenters. The number of fused-ring (bicyclic) bond motifs is 1. The summed E-state index contributed by atoms with van der Waals surface area (Å²) in [6, 6.07) is 2.66. The van der Waals surface area contributed by atoms with Gasteiger partial charge in [-0.05, 0) is 25.7 Å². The molecule has 0 aromatic carbocycles. The average molecular weight is 423 g/mol. The van der Waals surface area contributed by atoms with Gasteiger partial charge >= 0.3 is 6.01 Å². The van der Waals surface area contributed by atoms with Crippen molar-refractivity contribution >= 4 is 17.4 Å². The van der Waals surface area contributed by atoms with Crippen LogP contribution in [0.25, 0.3) is 5.65 Å². The second-order valence-corrected chi connectivity index (χ2v) is 7.84. The van der Waals surface area contributed by atoms with Crippen molar-refractivity contribution in [3.63, 3.8) is 0 Å². The Bertz CT molecular complexity index is 1030. The molecule has 1 saturated heterocycles. The standard InChI is InChI=1S/C21H25N7O3/c29-20(15-12-22-14-23-13-15)25-16-1-3-17(4-2-16)31-21-26-19(27-7-9-30-10-8-27)11-18-24-5-6-28(18)21/h5-6,11-14,16-17H,1-4,7-10H2,(H,25,29)/t16-,17+. The molecule has 10 nitrogen and oxygen atoms in total. The zero-order chi connectivity index (χ0) is 21.0. The van der Waals surface area contributed by atoms with Crippen LogP contribution in [0.3, 0.4) is 0 Å². The lowest BCUT2D eigenvalue weighted by Gasteiger charge is -2.30. The first kappa shape index (κ1) is 19.7. The highest BCUT2D eigenvalue weighted by atomic mass is 16.5. The molecule has 1 aliphatic heterocycles. The maximum atomic E-state index is 12.3. The third kappa shape index (κ3) is 4.43. The molecule has 1 N–H and O–H groups in total. The quantitative estimate of drug-likeness (QED) is 0.658. The number of amides is 1. The molecule has 5 rings (SSSR count). The van der Waals surface area contributed by atoms with E-state index in [1.165, 1.54) is 18.7 Å². The Balaban J connectivity index is 1.23. The molecule has 2 fully saturated rings. The number of nitrogens with zero attached hydrogens (tertiary/aromatic N) is 6. The summed E-state index contributed by atoms with van der Waals surface area (Å²) in [6.07, 6.45) is 11.5. The highest BCUT2D eigenvalue weighted by molar-refractivity contribution is 5.93. The molecular formula is C21H25N7O3. The smallest absolute Gasteiger partial charge is 0.304 e. The van der Waals surface area contributed by atoms with E-state index in [1.54, 1.807) is 6.20 Å². The maximum absolute atomic E-state index is 12.3. The second-order valence-electron chi connectivity index (χ2n) is 7.84. The van der Waals surface area contributed by atoms with Crippen molar-refractivity contribution in [3.8, 4) is 6.01 Å². The number of rotatable bonds is 5. The minimum Gasteiger partial charge on any atom is -0.461 e. The molecule has 0 radical (unpaired) electrons. The predicted molar refractivity (Wildman–Crippen MR) is 112 cm³/mol. The lowest BCUT2D eigenvalue weighted by atomic mass is 9.93. The second kappa shape index (κ2) is 8.84. The van der Waals surface area contributed by atoms with Crippen LogP contribution in [0.15, 0.2) is 37.2 Å². The van der Waals surface area contributed by atoms with E-state index >= 15 is 0 Å². The molecule has 1 amide bonds. The van der Waals surface area contributed by atoms with Gasteiger partial charge in [0.2, 0.25) is 0 Å². The van der Waals surface area contributed by atoms with E-state index in [0.29, 0.717) is 24.8 Å². The Morgan fingerprint density at radius 3 is 2.68 bits per heavy atom. The fourth-order valence-electron chi connectivity index (χ4n) is 4.08. The number of anilines is 1. The summed E-state index contributed by atoms with van der Waals surface area (Å²) < 4.78 is 13.7. The van der Waals surface area contributed by atoms with Crippen LogP contribution in [-0.4, -0.2) is 68.7 Å². The number of morpholine rings is 1. The van der Waals surface area contributed by atoms with Crippen LogP contribution in [0.4, 0.5) is 5.82 Å². The van der Waals surface area contributed by atoms with Crippen LogP contribution in [-0.2, 0) is 4.74 Å². The first-order valence-electron chi connectivity index (χ1n) is 10.7. The van der Waals surface area contributed by atoms with E-state index in [1.807, 2.05) is 16.7 Å². The number of hydrogen-bond donors (Lipinski definition) is 1. The number of ether oxygens (including phenoxy) is 2. The van der Waals surface area contributed by atoms with Gasteiger partial charge in [-0.2, -0.15) is 4.98 Å². The molecule has 10 heteroatoms. The normalized spacial score (nSPS) is 21.7. The summed E-state index contributed by atoms with van der Waals surface area (Å²) in [6.45, 7) is 3.01. The zero-order valence-electron chi connectivity index (χ0n) is 17.2. The number of hydrogen-bond acceptors (Lipinski definition) is 8. The molecule has 0 spiro atoms. The van der Waals surface area contributed by atoms with Crippen molar-refractivity contribution in [2.75, 3.05) is 31.2 Å². The summed E-state index contributed by atoms with van der Waals surface area (Å²) >= 11 is 0. The first-order valence-corrected chi connectivity index (χ1v) is 10.7. The van der Waals surface area contributed by atoms with Gasteiger partial charge in [0.05, 0.1) is 18.8 Å². The Morgan fingerprint density at radius 2 is 1.90 bits per heavy atom. The van der Waals surface area contributed by atoms with Crippen LogP contribution < -0.4 is 15.0 Å². The molecule has 3 aromatic rings. The van der Waals surface area contributed by atoms with Gasteiger partial charge < -0.3 is 19.7 Å². The van der Waals surface area contributed by atoms with Gasteiger partial charge in [0, 0.05) is 50.0 Å². The largest absolute Gasteiger partial charge is 0.461 e. The molecule has 1 aliphatic carbocycles. The summed E-state index contributed by atoms with van der Waals surface area (Å²) in [7, 11) is 0.